The van der Waals surface area contributed by atoms with Crippen molar-refractivity contribution in [2.24, 2.45) is 0 Å². The molecule has 1 aliphatic rings. The maximum absolute atomic E-state index is 12.1. The van der Waals surface area contributed by atoms with Crippen molar-refractivity contribution < 1.29 is 9.53 Å². The lowest BCUT2D eigenvalue weighted by molar-refractivity contribution is 0.0954. The number of piperazine rings is 1. The summed E-state index contributed by atoms with van der Waals surface area (Å²) in [7, 11) is 2.17. The maximum atomic E-state index is 12.1. The van der Waals surface area contributed by atoms with Gasteiger partial charge in [-0.15, -0.1) is 0 Å². The Labute approximate surface area is 196 Å². The molecule has 2 aromatic carbocycles. The number of ether oxygens (including phenoxy) is 1. The molecular weight excluding hydrogens is 412 g/mol. The second kappa shape index (κ2) is 11.6. The topological polar surface area (TPSA) is 57.7 Å². The molecule has 1 fully saturated rings. The zero-order valence-electron chi connectivity index (χ0n) is 19.2. The summed E-state index contributed by atoms with van der Waals surface area (Å²) in [4.78, 5) is 21.5. The van der Waals surface area contributed by atoms with Gasteiger partial charge in [-0.2, -0.15) is 0 Å². The third-order valence-electron chi connectivity index (χ3n) is 5.99. The third kappa shape index (κ3) is 6.88. The highest BCUT2D eigenvalue weighted by atomic mass is 16.5. The molecule has 0 aliphatic carbocycles. The first-order valence-corrected chi connectivity index (χ1v) is 11.6. The molecule has 172 valence electrons. The third-order valence-corrected chi connectivity index (χ3v) is 5.99. The number of aromatic nitrogens is 1. The van der Waals surface area contributed by atoms with E-state index in [0.29, 0.717) is 25.1 Å². The Morgan fingerprint density at radius 1 is 0.939 bits per heavy atom. The van der Waals surface area contributed by atoms with Gasteiger partial charge in [0.15, 0.2) is 0 Å². The zero-order chi connectivity index (χ0) is 22.9. The Balaban J connectivity index is 1.21. The van der Waals surface area contributed by atoms with Gasteiger partial charge in [-0.1, -0.05) is 36.4 Å². The molecule has 0 bridgehead atoms. The summed E-state index contributed by atoms with van der Waals surface area (Å²) in [5, 5.41) is 2.94. The highest BCUT2D eigenvalue weighted by molar-refractivity contribution is 5.94. The first kappa shape index (κ1) is 23.0. The van der Waals surface area contributed by atoms with Crippen LogP contribution in [0.5, 0.6) is 5.75 Å². The Morgan fingerprint density at radius 2 is 1.67 bits per heavy atom. The number of likely N-dealkylation sites (N-methyl/N-ethyl adjacent to an activating group) is 1. The normalized spacial score (nSPS) is 14.7. The predicted molar refractivity (Wildman–Crippen MR) is 132 cm³/mol. The smallest absolute Gasteiger partial charge is 0.251 e. The van der Waals surface area contributed by atoms with Crippen LogP contribution >= 0.6 is 0 Å². The number of rotatable bonds is 9. The van der Waals surface area contributed by atoms with Gasteiger partial charge in [-0.05, 0) is 42.9 Å². The summed E-state index contributed by atoms with van der Waals surface area (Å²) in [6.07, 6.45) is 2.58. The van der Waals surface area contributed by atoms with Crippen LogP contribution < -0.4 is 10.1 Å². The molecule has 0 radical (unpaired) electrons. The van der Waals surface area contributed by atoms with Gasteiger partial charge >= 0.3 is 0 Å². The summed E-state index contributed by atoms with van der Waals surface area (Å²) in [6, 6.07) is 21.5. The largest absolute Gasteiger partial charge is 0.492 e. The van der Waals surface area contributed by atoms with E-state index in [1.807, 2.05) is 54.7 Å². The van der Waals surface area contributed by atoms with Crippen molar-refractivity contribution in [1.29, 1.82) is 0 Å². The highest BCUT2D eigenvalue weighted by Crippen LogP contribution is 2.22. The molecule has 0 unspecified atom stereocenters. The average molecular weight is 445 g/mol. The standard InChI is InChI=1S/C27H32N4O2/c1-30-15-17-31(18-16-30)19-20-33-26-11-8-22(9-12-26)24-7-10-25(29-21-24)13-14-28-27(32)23-5-3-2-4-6-23/h2-12,21H,13-20H2,1H3,(H,28,32). The molecule has 1 amide bonds. The number of nitrogens with one attached hydrogen (secondary N) is 1. The molecule has 33 heavy (non-hydrogen) atoms. The van der Waals surface area contributed by atoms with E-state index < -0.39 is 0 Å². The molecule has 3 aromatic rings. The predicted octanol–water partition coefficient (Wildman–Crippen LogP) is 3.35. The summed E-state index contributed by atoms with van der Waals surface area (Å²) >= 11 is 0. The van der Waals surface area contributed by atoms with Crippen molar-refractivity contribution in [3.05, 3.63) is 84.2 Å². The number of carbonyl (C=O) groups excluding carboxylic acids is 1. The molecule has 6 heteroatoms. The number of carbonyl (C=O) groups is 1. The van der Waals surface area contributed by atoms with Crippen LogP contribution in [-0.2, 0) is 6.42 Å². The van der Waals surface area contributed by atoms with Crippen LogP contribution in [0.25, 0.3) is 11.1 Å². The zero-order valence-corrected chi connectivity index (χ0v) is 19.2. The Morgan fingerprint density at radius 3 is 2.36 bits per heavy atom. The number of hydrogen-bond acceptors (Lipinski definition) is 5. The summed E-state index contributed by atoms with van der Waals surface area (Å²) < 4.78 is 5.94. The van der Waals surface area contributed by atoms with Crippen LogP contribution in [0.1, 0.15) is 16.1 Å². The molecule has 6 nitrogen and oxygen atoms in total. The van der Waals surface area contributed by atoms with E-state index in [2.05, 4.69) is 45.3 Å². The first-order chi connectivity index (χ1) is 16.2. The van der Waals surface area contributed by atoms with Gasteiger partial charge in [0.25, 0.3) is 5.91 Å². The van der Waals surface area contributed by atoms with Crippen LogP contribution in [0, 0.1) is 0 Å². The van der Waals surface area contributed by atoms with Gasteiger partial charge < -0.3 is 15.0 Å². The van der Waals surface area contributed by atoms with Gasteiger partial charge in [0.1, 0.15) is 12.4 Å². The van der Waals surface area contributed by atoms with Crippen molar-refractivity contribution in [2.75, 3.05) is 52.9 Å². The number of pyridine rings is 1. The van der Waals surface area contributed by atoms with Crippen LogP contribution in [0.15, 0.2) is 72.9 Å². The fourth-order valence-corrected chi connectivity index (χ4v) is 3.85. The second-order valence-corrected chi connectivity index (χ2v) is 8.43. The fraction of sp³-hybridized carbons (Fsp3) is 0.333. The lowest BCUT2D eigenvalue weighted by Gasteiger charge is -2.32. The molecule has 1 aliphatic heterocycles. The van der Waals surface area contributed by atoms with Crippen molar-refractivity contribution in [2.45, 2.75) is 6.42 Å². The van der Waals surface area contributed by atoms with Crippen molar-refractivity contribution in [3.8, 4) is 16.9 Å². The lowest BCUT2D eigenvalue weighted by atomic mass is 10.1. The Kier molecular flexibility index (Phi) is 8.06. The molecule has 1 aromatic heterocycles. The number of amides is 1. The second-order valence-electron chi connectivity index (χ2n) is 8.43. The van der Waals surface area contributed by atoms with Crippen LogP contribution in [0.2, 0.25) is 0 Å². The molecule has 2 heterocycles. The monoisotopic (exact) mass is 444 g/mol. The molecule has 4 rings (SSSR count). The summed E-state index contributed by atoms with van der Waals surface area (Å²) in [6.45, 7) is 6.71. The summed E-state index contributed by atoms with van der Waals surface area (Å²) in [5.41, 5.74) is 3.80. The van der Waals surface area contributed by atoms with Crippen molar-refractivity contribution in [1.82, 2.24) is 20.1 Å². The Bertz CT molecular complexity index is 999. The van der Waals surface area contributed by atoms with E-state index in [4.69, 9.17) is 4.74 Å². The first-order valence-electron chi connectivity index (χ1n) is 11.6. The molecule has 1 N–H and O–H groups in total. The van der Waals surface area contributed by atoms with Crippen LogP contribution in [0.3, 0.4) is 0 Å². The molecular formula is C27H32N4O2. The highest BCUT2D eigenvalue weighted by Gasteiger charge is 2.13. The van der Waals surface area contributed by atoms with E-state index in [1.54, 1.807) is 0 Å². The lowest BCUT2D eigenvalue weighted by Crippen LogP contribution is -2.45. The van der Waals surface area contributed by atoms with Crippen molar-refractivity contribution in [3.63, 3.8) is 0 Å². The van der Waals surface area contributed by atoms with E-state index >= 15 is 0 Å². The fourth-order valence-electron chi connectivity index (χ4n) is 3.85. The Hall–Kier alpha value is -3.22. The van der Waals surface area contributed by atoms with Gasteiger partial charge in [-0.3, -0.25) is 14.7 Å². The number of benzene rings is 2. The van der Waals surface area contributed by atoms with E-state index in [1.165, 1.54) is 0 Å². The van der Waals surface area contributed by atoms with Crippen LogP contribution in [-0.4, -0.2) is 73.6 Å². The van der Waals surface area contributed by atoms with Gasteiger partial charge in [0.2, 0.25) is 0 Å². The molecule has 0 saturated carbocycles. The number of hydrogen-bond donors (Lipinski definition) is 1. The number of nitrogens with zero attached hydrogens (tertiary/aromatic N) is 3. The molecule has 0 atom stereocenters. The van der Waals surface area contributed by atoms with Crippen LogP contribution in [0.4, 0.5) is 0 Å². The quantitative estimate of drug-likeness (QED) is 0.549. The van der Waals surface area contributed by atoms with E-state index in [9.17, 15) is 4.79 Å². The van der Waals surface area contributed by atoms with E-state index in [-0.39, 0.29) is 5.91 Å². The van der Waals surface area contributed by atoms with Gasteiger partial charge in [0, 0.05) is 68.7 Å². The van der Waals surface area contributed by atoms with Crippen molar-refractivity contribution >= 4 is 5.91 Å². The molecule has 1 saturated heterocycles. The minimum atomic E-state index is -0.0574. The molecule has 0 spiro atoms. The van der Waals surface area contributed by atoms with E-state index in [0.717, 1.165) is 55.3 Å². The van der Waals surface area contributed by atoms with Gasteiger partial charge in [0.05, 0.1) is 0 Å². The SMILES string of the molecule is CN1CCN(CCOc2ccc(-c3ccc(CCNC(=O)c4ccccc4)nc3)cc2)CC1. The minimum absolute atomic E-state index is 0.0574. The maximum Gasteiger partial charge on any atom is 0.251 e. The average Bonchev–Trinajstić information content (AvgIpc) is 2.87. The summed E-state index contributed by atoms with van der Waals surface area (Å²) in [5.74, 6) is 0.838. The minimum Gasteiger partial charge on any atom is -0.492 e. The van der Waals surface area contributed by atoms with Gasteiger partial charge in [-0.25, -0.2) is 0 Å².